The molecule has 0 amide bonds. The van der Waals surface area contributed by atoms with Crippen LogP contribution in [0.4, 0.5) is 0 Å². The van der Waals surface area contributed by atoms with E-state index in [9.17, 15) is 0 Å². The fourth-order valence-electron chi connectivity index (χ4n) is 2.65. The van der Waals surface area contributed by atoms with Crippen molar-refractivity contribution in [2.45, 2.75) is 39.7 Å². The second kappa shape index (κ2) is 7.02. The molecule has 0 aliphatic carbocycles. The van der Waals surface area contributed by atoms with Gasteiger partial charge in [0.1, 0.15) is 5.75 Å². The second-order valence-electron chi connectivity index (χ2n) is 6.21. The van der Waals surface area contributed by atoms with Crippen LogP contribution in [0.5, 0.6) is 5.75 Å². The predicted molar refractivity (Wildman–Crippen MR) is 86.1 cm³/mol. The molecule has 1 aliphatic rings. The molecule has 1 aliphatic heterocycles. The van der Waals surface area contributed by atoms with E-state index in [2.05, 4.69) is 19.2 Å². The Kier molecular flexibility index (Phi) is 5.59. The number of hydrogen-bond acceptors (Lipinski definition) is 2. The molecular weight excluding hydrogens is 293 g/mol. The topological polar surface area (TPSA) is 21.3 Å². The first kappa shape index (κ1) is 15.9. The third kappa shape index (κ3) is 4.28. The van der Waals surface area contributed by atoms with Crippen molar-refractivity contribution in [2.24, 2.45) is 5.41 Å². The Morgan fingerprint density at radius 2 is 2.15 bits per heavy atom. The highest BCUT2D eigenvalue weighted by Crippen LogP contribution is 2.33. The number of rotatable bonds is 7. The molecule has 0 saturated heterocycles. The van der Waals surface area contributed by atoms with Crippen LogP contribution in [0.3, 0.4) is 0 Å². The zero-order valence-corrected chi connectivity index (χ0v) is 13.8. The van der Waals surface area contributed by atoms with Crippen molar-refractivity contribution in [3.8, 4) is 5.75 Å². The van der Waals surface area contributed by atoms with Crippen LogP contribution in [-0.4, -0.2) is 19.0 Å². The highest BCUT2D eigenvalue weighted by molar-refractivity contribution is 6.30. The Morgan fingerprint density at radius 3 is 2.90 bits per heavy atom. The lowest BCUT2D eigenvalue weighted by Crippen LogP contribution is -2.29. The maximum atomic E-state index is 6.17. The molecule has 1 heterocycles. The van der Waals surface area contributed by atoms with E-state index in [0.717, 1.165) is 61.2 Å². The molecule has 0 radical (unpaired) electrons. The number of alkyl halides is 1. The molecule has 2 nitrogen and oxygen atoms in total. The van der Waals surface area contributed by atoms with Crippen LogP contribution in [0, 0.1) is 5.41 Å². The molecule has 20 heavy (non-hydrogen) atoms. The van der Waals surface area contributed by atoms with Gasteiger partial charge in [0.25, 0.3) is 0 Å². The van der Waals surface area contributed by atoms with Crippen molar-refractivity contribution < 1.29 is 4.74 Å². The summed E-state index contributed by atoms with van der Waals surface area (Å²) in [6.45, 7) is 7.07. The summed E-state index contributed by atoms with van der Waals surface area (Å²) in [5.41, 5.74) is 2.66. The largest absolute Gasteiger partial charge is 0.493 e. The molecule has 0 bridgehead atoms. The molecule has 1 aromatic carbocycles. The molecule has 0 atom stereocenters. The second-order valence-corrected chi connectivity index (χ2v) is 7.03. The molecule has 1 aromatic rings. The van der Waals surface area contributed by atoms with Crippen LogP contribution in [0.15, 0.2) is 12.1 Å². The minimum absolute atomic E-state index is 0.261. The number of fused-ring (bicyclic) bond motifs is 1. The minimum atomic E-state index is 0.261. The Hall–Kier alpha value is -0.440. The molecule has 0 aromatic heterocycles. The van der Waals surface area contributed by atoms with E-state index in [-0.39, 0.29) is 5.41 Å². The van der Waals surface area contributed by atoms with E-state index in [1.807, 2.05) is 12.1 Å². The Balaban J connectivity index is 1.92. The highest BCUT2D eigenvalue weighted by Gasteiger charge is 2.19. The van der Waals surface area contributed by atoms with Crippen molar-refractivity contribution in [3.63, 3.8) is 0 Å². The van der Waals surface area contributed by atoms with E-state index in [0.29, 0.717) is 0 Å². The van der Waals surface area contributed by atoms with Crippen molar-refractivity contribution in [2.75, 3.05) is 19.0 Å². The van der Waals surface area contributed by atoms with Gasteiger partial charge in [-0.05, 0) is 36.0 Å². The maximum absolute atomic E-state index is 6.17. The molecule has 0 saturated carbocycles. The van der Waals surface area contributed by atoms with Crippen LogP contribution in [0.2, 0.25) is 5.02 Å². The van der Waals surface area contributed by atoms with E-state index in [4.69, 9.17) is 27.9 Å². The molecule has 0 unspecified atom stereocenters. The van der Waals surface area contributed by atoms with Crippen LogP contribution >= 0.6 is 23.2 Å². The first-order chi connectivity index (χ1) is 9.52. The van der Waals surface area contributed by atoms with Gasteiger partial charge in [-0.3, -0.25) is 0 Å². The fourth-order valence-corrected chi connectivity index (χ4v) is 3.04. The van der Waals surface area contributed by atoms with E-state index in [1.165, 1.54) is 5.56 Å². The monoisotopic (exact) mass is 315 g/mol. The zero-order valence-electron chi connectivity index (χ0n) is 12.3. The average molecular weight is 316 g/mol. The molecule has 0 fully saturated rings. The standard InChI is InChI=1S/C16H23Cl2NO/c1-16(2,5-3-6-17)11-19-10-13-9-14(18)8-12-4-7-20-15(12)13/h8-9,19H,3-7,10-11H2,1-2H3. The van der Waals surface area contributed by atoms with Gasteiger partial charge in [0.2, 0.25) is 0 Å². The zero-order chi connectivity index (χ0) is 14.6. The summed E-state index contributed by atoms with van der Waals surface area (Å²) in [5.74, 6) is 1.76. The van der Waals surface area contributed by atoms with Gasteiger partial charge in [-0.2, -0.15) is 0 Å². The summed E-state index contributed by atoms with van der Waals surface area (Å²) >= 11 is 11.9. The number of nitrogens with one attached hydrogen (secondary N) is 1. The molecule has 0 spiro atoms. The van der Waals surface area contributed by atoms with Crippen LogP contribution in [-0.2, 0) is 13.0 Å². The summed E-state index contributed by atoms with van der Waals surface area (Å²) in [4.78, 5) is 0. The summed E-state index contributed by atoms with van der Waals surface area (Å²) in [6.07, 6.45) is 3.16. The number of hydrogen-bond donors (Lipinski definition) is 1. The smallest absolute Gasteiger partial charge is 0.127 e. The lowest BCUT2D eigenvalue weighted by atomic mass is 9.88. The van der Waals surface area contributed by atoms with Crippen LogP contribution in [0.25, 0.3) is 0 Å². The van der Waals surface area contributed by atoms with Gasteiger partial charge >= 0.3 is 0 Å². The maximum Gasteiger partial charge on any atom is 0.127 e. The molecular formula is C16H23Cl2NO. The Labute approximate surface area is 131 Å². The van der Waals surface area contributed by atoms with Crippen molar-refractivity contribution in [1.29, 1.82) is 0 Å². The third-order valence-corrected chi connectivity index (χ3v) is 4.22. The predicted octanol–water partition coefficient (Wildman–Crippen LogP) is 4.41. The number of halogens is 2. The highest BCUT2D eigenvalue weighted by atomic mass is 35.5. The first-order valence-electron chi connectivity index (χ1n) is 7.23. The summed E-state index contributed by atoms with van der Waals surface area (Å²) in [7, 11) is 0. The lowest BCUT2D eigenvalue weighted by molar-refractivity contribution is 0.308. The van der Waals surface area contributed by atoms with Gasteiger partial charge in [-0.1, -0.05) is 25.4 Å². The normalized spacial score (nSPS) is 14.2. The fraction of sp³-hybridized carbons (Fsp3) is 0.625. The van der Waals surface area contributed by atoms with E-state index >= 15 is 0 Å². The number of benzene rings is 1. The van der Waals surface area contributed by atoms with Gasteiger partial charge in [0.05, 0.1) is 6.61 Å². The van der Waals surface area contributed by atoms with Crippen LogP contribution in [0.1, 0.15) is 37.8 Å². The molecule has 1 N–H and O–H groups in total. The molecule has 2 rings (SSSR count). The summed E-state index contributed by atoms with van der Waals surface area (Å²) in [5, 5.41) is 4.32. The van der Waals surface area contributed by atoms with Gasteiger partial charge in [0.15, 0.2) is 0 Å². The van der Waals surface area contributed by atoms with Crippen LogP contribution < -0.4 is 10.1 Å². The van der Waals surface area contributed by atoms with Gasteiger partial charge in [-0.15, -0.1) is 11.6 Å². The Morgan fingerprint density at radius 1 is 1.35 bits per heavy atom. The van der Waals surface area contributed by atoms with Crippen molar-refractivity contribution >= 4 is 23.2 Å². The summed E-state index contributed by atoms with van der Waals surface area (Å²) < 4.78 is 5.72. The average Bonchev–Trinajstić information content (AvgIpc) is 2.84. The molecule has 112 valence electrons. The summed E-state index contributed by atoms with van der Waals surface area (Å²) in [6, 6.07) is 4.02. The number of ether oxygens (including phenoxy) is 1. The van der Waals surface area contributed by atoms with Gasteiger partial charge in [0, 0.05) is 36.0 Å². The quantitative estimate of drug-likeness (QED) is 0.752. The van der Waals surface area contributed by atoms with E-state index < -0.39 is 0 Å². The molecule has 4 heteroatoms. The third-order valence-electron chi connectivity index (χ3n) is 3.73. The van der Waals surface area contributed by atoms with Gasteiger partial charge in [-0.25, -0.2) is 0 Å². The lowest BCUT2D eigenvalue weighted by Gasteiger charge is -2.25. The first-order valence-corrected chi connectivity index (χ1v) is 8.14. The SMILES string of the molecule is CC(C)(CCCCl)CNCc1cc(Cl)cc2c1OCC2. The van der Waals surface area contributed by atoms with Crippen molar-refractivity contribution in [1.82, 2.24) is 5.32 Å². The van der Waals surface area contributed by atoms with Gasteiger partial charge < -0.3 is 10.1 Å². The Bertz CT molecular complexity index is 460. The minimum Gasteiger partial charge on any atom is -0.493 e. The van der Waals surface area contributed by atoms with Crippen molar-refractivity contribution in [3.05, 3.63) is 28.3 Å². The van der Waals surface area contributed by atoms with E-state index in [1.54, 1.807) is 0 Å².